The molecule has 184 valence electrons. The van der Waals surface area contributed by atoms with Gasteiger partial charge in [0, 0.05) is 42.3 Å². The largest absolute Gasteiger partial charge is 0.447 e. The molecule has 1 amide bonds. The second kappa shape index (κ2) is 10.1. The van der Waals surface area contributed by atoms with Crippen LogP contribution in [0.15, 0.2) is 59.9 Å². The number of benzene rings is 2. The molecule has 1 aliphatic rings. The van der Waals surface area contributed by atoms with E-state index in [4.69, 9.17) is 9.72 Å². The third kappa shape index (κ3) is 4.35. The van der Waals surface area contributed by atoms with Crippen LogP contribution in [-0.2, 0) is 4.79 Å². The Labute approximate surface area is 213 Å². The molecular formula is C27H27N5O3S. The zero-order valence-corrected chi connectivity index (χ0v) is 21.3. The van der Waals surface area contributed by atoms with Gasteiger partial charge in [-0.3, -0.25) is 19.1 Å². The Bertz CT molecular complexity index is 1450. The first-order chi connectivity index (χ1) is 17.5. The Morgan fingerprint density at radius 1 is 1.00 bits per heavy atom. The number of amides is 1. The molecule has 0 fully saturated rings. The fraction of sp³-hybridized carbons (Fsp3) is 0.296. The topological polar surface area (TPSA) is 90.2 Å². The second-order valence-electron chi connectivity index (χ2n) is 8.67. The summed E-state index contributed by atoms with van der Waals surface area (Å²) in [6.07, 6.45) is 4.24. The molecule has 1 atom stereocenters. The molecular weight excluding hydrogens is 474 g/mol. The fourth-order valence-electron chi connectivity index (χ4n) is 4.49. The lowest BCUT2D eigenvalue weighted by Crippen LogP contribution is -2.36. The minimum absolute atomic E-state index is 0.129. The van der Waals surface area contributed by atoms with Gasteiger partial charge >= 0.3 is 0 Å². The zero-order chi connectivity index (χ0) is 25.2. The summed E-state index contributed by atoms with van der Waals surface area (Å²) < 4.78 is 8.10. The summed E-state index contributed by atoms with van der Waals surface area (Å²) in [5.74, 6) is 0.863. The number of nitrogens with zero attached hydrogens (tertiary/aromatic N) is 5. The standard InChI is InChI=1S/C27H27N5O3S/c1-4-5-10-15-36-27-28-25-24(29-30-27)20-12-7-9-14-23(20)32(18(3)34)26(35-25)21-16-31(17(2)33)22-13-8-6-11-19(21)22/h6-9,11-14,16,26H,4-5,10,15H2,1-3H3. The number of para-hydroxylation sites is 2. The van der Waals surface area contributed by atoms with Gasteiger partial charge in [0.1, 0.15) is 0 Å². The van der Waals surface area contributed by atoms with Crippen LogP contribution in [0.5, 0.6) is 5.88 Å². The van der Waals surface area contributed by atoms with Crippen molar-refractivity contribution in [3.63, 3.8) is 0 Å². The van der Waals surface area contributed by atoms with Gasteiger partial charge in [-0.1, -0.05) is 67.9 Å². The molecule has 2 aromatic heterocycles. The Morgan fingerprint density at radius 3 is 2.56 bits per heavy atom. The minimum Gasteiger partial charge on any atom is -0.447 e. The summed E-state index contributed by atoms with van der Waals surface area (Å²) in [5, 5.41) is 10.2. The first-order valence-corrected chi connectivity index (χ1v) is 13.0. The first-order valence-electron chi connectivity index (χ1n) is 12.0. The van der Waals surface area contributed by atoms with Gasteiger partial charge in [-0.05, 0) is 18.6 Å². The van der Waals surface area contributed by atoms with Gasteiger partial charge in [0.25, 0.3) is 0 Å². The van der Waals surface area contributed by atoms with Crippen LogP contribution in [0.2, 0.25) is 0 Å². The lowest BCUT2D eigenvalue weighted by molar-refractivity contribution is -0.118. The van der Waals surface area contributed by atoms with Gasteiger partial charge in [-0.2, -0.15) is 4.98 Å². The van der Waals surface area contributed by atoms with E-state index in [0.29, 0.717) is 33.5 Å². The van der Waals surface area contributed by atoms with E-state index in [2.05, 4.69) is 17.1 Å². The molecule has 3 heterocycles. The molecule has 4 aromatic rings. The highest BCUT2D eigenvalue weighted by Crippen LogP contribution is 2.44. The maximum absolute atomic E-state index is 13.1. The van der Waals surface area contributed by atoms with Gasteiger partial charge < -0.3 is 4.74 Å². The molecule has 0 bridgehead atoms. The number of hydrogen-bond donors (Lipinski definition) is 0. The van der Waals surface area contributed by atoms with Crippen LogP contribution in [0.4, 0.5) is 5.69 Å². The van der Waals surface area contributed by atoms with Crippen LogP contribution in [-0.4, -0.2) is 37.3 Å². The average molecular weight is 502 g/mol. The molecule has 0 aliphatic carbocycles. The molecule has 1 aliphatic heterocycles. The normalized spacial score (nSPS) is 14.6. The van der Waals surface area contributed by atoms with E-state index in [1.807, 2.05) is 48.5 Å². The summed E-state index contributed by atoms with van der Waals surface area (Å²) in [7, 11) is 0. The van der Waals surface area contributed by atoms with Crippen LogP contribution >= 0.6 is 11.8 Å². The van der Waals surface area contributed by atoms with E-state index in [0.717, 1.165) is 35.9 Å². The second-order valence-corrected chi connectivity index (χ2v) is 9.73. The Balaban J connectivity index is 1.68. The average Bonchev–Trinajstić information content (AvgIpc) is 3.20. The fourth-order valence-corrected chi connectivity index (χ4v) is 5.27. The molecule has 0 saturated carbocycles. The van der Waals surface area contributed by atoms with Gasteiger partial charge in [0.05, 0.1) is 11.2 Å². The summed E-state index contributed by atoms with van der Waals surface area (Å²) in [6.45, 7) is 5.18. The van der Waals surface area contributed by atoms with E-state index >= 15 is 0 Å². The molecule has 0 spiro atoms. The zero-order valence-electron chi connectivity index (χ0n) is 20.5. The van der Waals surface area contributed by atoms with Crippen LogP contribution < -0.4 is 9.64 Å². The van der Waals surface area contributed by atoms with Gasteiger partial charge in [-0.25, -0.2) is 0 Å². The van der Waals surface area contributed by atoms with E-state index in [1.165, 1.54) is 13.8 Å². The number of rotatable bonds is 6. The Hall–Kier alpha value is -3.72. The number of anilines is 1. The smallest absolute Gasteiger partial charge is 0.247 e. The molecule has 5 rings (SSSR count). The van der Waals surface area contributed by atoms with Crippen molar-refractivity contribution in [3.05, 3.63) is 60.3 Å². The third-order valence-electron chi connectivity index (χ3n) is 6.18. The summed E-state index contributed by atoms with van der Waals surface area (Å²) in [5.41, 5.74) is 3.27. The Kier molecular flexibility index (Phi) is 6.73. The summed E-state index contributed by atoms with van der Waals surface area (Å²) in [4.78, 5) is 31.9. The predicted molar refractivity (Wildman–Crippen MR) is 140 cm³/mol. The molecule has 9 heteroatoms. The highest BCUT2D eigenvalue weighted by atomic mass is 32.2. The van der Waals surface area contributed by atoms with E-state index < -0.39 is 6.23 Å². The molecule has 2 aromatic carbocycles. The van der Waals surface area contributed by atoms with Crippen molar-refractivity contribution in [3.8, 4) is 17.1 Å². The van der Waals surface area contributed by atoms with E-state index in [9.17, 15) is 9.59 Å². The first kappa shape index (κ1) is 24.0. The van der Waals surface area contributed by atoms with Crippen molar-refractivity contribution in [1.29, 1.82) is 0 Å². The van der Waals surface area contributed by atoms with Crippen molar-refractivity contribution in [2.45, 2.75) is 51.4 Å². The number of thioether (sulfide) groups is 1. The molecule has 36 heavy (non-hydrogen) atoms. The molecule has 1 unspecified atom stereocenters. The third-order valence-corrected chi connectivity index (χ3v) is 7.10. The predicted octanol–water partition coefficient (Wildman–Crippen LogP) is 5.88. The number of fused-ring (bicyclic) bond motifs is 4. The van der Waals surface area contributed by atoms with Crippen molar-refractivity contribution < 1.29 is 14.3 Å². The SMILES string of the molecule is CCCCCSc1nnc2c(n1)OC(c1cn(C(C)=O)c3ccccc13)N(C(C)=O)c1ccccc1-2. The van der Waals surface area contributed by atoms with Gasteiger partial charge in [0.15, 0.2) is 5.69 Å². The molecule has 0 radical (unpaired) electrons. The van der Waals surface area contributed by atoms with Crippen LogP contribution in [0.3, 0.4) is 0 Å². The number of unbranched alkanes of at least 4 members (excludes halogenated alkanes) is 2. The van der Waals surface area contributed by atoms with Crippen LogP contribution in [0, 0.1) is 0 Å². The highest BCUT2D eigenvalue weighted by molar-refractivity contribution is 7.99. The molecule has 8 nitrogen and oxygen atoms in total. The highest BCUT2D eigenvalue weighted by Gasteiger charge is 2.36. The molecule has 0 saturated heterocycles. The summed E-state index contributed by atoms with van der Waals surface area (Å²) in [6, 6.07) is 15.1. The van der Waals surface area contributed by atoms with Crippen molar-refractivity contribution in [1.82, 2.24) is 19.7 Å². The number of hydrogen-bond acceptors (Lipinski definition) is 7. The van der Waals surface area contributed by atoms with Crippen LogP contribution in [0.1, 0.15) is 56.6 Å². The van der Waals surface area contributed by atoms with Crippen molar-refractivity contribution in [2.24, 2.45) is 0 Å². The maximum Gasteiger partial charge on any atom is 0.247 e. The number of carbonyl (C=O) groups excluding carboxylic acids is 2. The number of ether oxygens (including phenoxy) is 1. The van der Waals surface area contributed by atoms with Gasteiger partial charge in [0.2, 0.25) is 29.1 Å². The minimum atomic E-state index is -0.856. The lowest BCUT2D eigenvalue weighted by atomic mass is 10.1. The van der Waals surface area contributed by atoms with Crippen molar-refractivity contribution >= 4 is 40.2 Å². The monoisotopic (exact) mass is 501 g/mol. The maximum atomic E-state index is 13.1. The van der Waals surface area contributed by atoms with Crippen LogP contribution in [0.25, 0.3) is 22.2 Å². The quantitative estimate of drug-likeness (QED) is 0.241. The van der Waals surface area contributed by atoms with E-state index in [-0.39, 0.29) is 11.8 Å². The lowest BCUT2D eigenvalue weighted by Gasteiger charge is -2.29. The number of aromatic nitrogens is 4. The summed E-state index contributed by atoms with van der Waals surface area (Å²) >= 11 is 1.54. The Morgan fingerprint density at radius 2 is 1.78 bits per heavy atom. The van der Waals surface area contributed by atoms with Gasteiger partial charge in [-0.15, -0.1) is 10.2 Å². The van der Waals surface area contributed by atoms with Crippen molar-refractivity contribution in [2.75, 3.05) is 10.7 Å². The molecule has 0 N–H and O–H groups in total. The number of carbonyl (C=O) groups is 2. The van der Waals surface area contributed by atoms with E-state index in [1.54, 1.807) is 27.4 Å².